The third kappa shape index (κ3) is 2.04. The van der Waals surface area contributed by atoms with Gasteiger partial charge in [0.15, 0.2) is 0 Å². The molecule has 0 fully saturated rings. The number of para-hydroxylation sites is 1. The van der Waals surface area contributed by atoms with Crippen molar-refractivity contribution in [3.8, 4) is 12.3 Å². The fourth-order valence-electron chi connectivity index (χ4n) is 1.31. The molecule has 1 nitrogen and oxygen atoms in total. The summed E-state index contributed by atoms with van der Waals surface area (Å²) in [5.41, 5.74) is 1.97. The number of hydrogen-bond donors (Lipinski definition) is 0. The molecule has 14 heavy (non-hydrogen) atoms. The fraction of sp³-hybridized carbons (Fsp3) is 0.0833. The van der Waals surface area contributed by atoms with E-state index in [-0.39, 0.29) is 12.4 Å². The van der Waals surface area contributed by atoms with Crippen molar-refractivity contribution in [2.45, 2.75) is 6.42 Å². The number of aromatic nitrogens is 1. The molecule has 2 rings (SSSR count). The highest BCUT2D eigenvalue weighted by molar-refractivity contribution is 5.85. The van der Waals surface area contributed by atoms with Crippen molar-refractivity contribution in [1.82, 2.24) is 4.98 Å². The normalized spacial score (nSPS) is 9.07. The van der Waals surface area contributed by atoms with Crippen LogP contribution in [0.15, 0.2) is 36.4 Å². The summed E-state index contributed by atoms with van der Waals surface area (Å²) >= 11 is 0. The summed E-state index contributed by atoms with van der Waals surface area (Å²) in [6, 6.07) is 12.0. The lowest BCUT2D eigenvalue weighted by molar-refractivity contribution is 1.17. The zero-order valence-corrected chi connectivity index (χ0v) is 8.42. The first-order chi connectivity index (χ1) is 6.40. The first-order valence-corrected chi connectivity index (χ1v) is 4.18. The number of fused-ring (bicyclic) bond motifs is 1. The third-order valence-electron chi connectivity index (χ3n) is 1.94. The van der Waals surface area contributed by atoms with Gasteiger partial charge in [0, 0.05) is 5.39 Å². The molecular formula is C12H10ClN. The topological polar surface area (TPSA) is 12.9 Å². The number of pyridine rings is 1. The highest BCUT2D eigenvalue weighted by atomic mass is 35.5. The van der Waals surface area contributed by atoms with E-state index in [2.05, 4.69) is 17.0 Å². The molecule has 1 aromatic carbocycles. The molecule has 0 bridgehead atoms. The lowest BCUT2D eigenvalue weighted by atomic mass is 10.2. The zero-order chi connectivity index (χ0) is 9.10. The van der Waals surface area contributed by atoms with E-state index in [9.17, 15) is 0 Å². The average molecular weight is 204 g/mol. The minimum atomic E-state index is 0. The van der Waals surface area contributed by atoms with E-state index >= 15 is 0 Å². The summed E-state index contributed by atoms with van der Waals surface area (Å²) in [4.78, 5) is 4.42. The summed E-state index contributed by atoms with van der Waals surface area (Å²) in [6.45, 7) is 0. The summed E-state index contributed by atoms with van der Waals surface area (Å²) in [5.74, 6) is 2.59. The Morgan fingerprint density at radius 3 is 2.71 bits per heavy atom. The molecule has 0 unspecified atom stereocenters. The van der Waals surface area contributed by atoms with Gasteiger partial charge in [0.1, 0.15) is 0 Å². The van der Waals surface area contributed by atoms with Crippen LogP contribution in [0.5, 0.6) is 0 Å². The Morgan fingerprint density at radius 2 is 1.93 bits per heavy atom. The second-order valence-electron chi connectivity index (χ2n) is 2.88. The summed E-state index contributed by atoms with van der Waals surface area (Å²) in [6.07, 6.45) is 5.82. The van der Waals surface area contributed by atoms with Crippen molar-refractivity contribution < 1.29 is 0 Å². The smallest absolute Gasteiger partial charge is 0.0705 e. The monoisotopic (exact) mass is 203 g/mol. The Balaban J connectivity index is 0.000000980. The molecule has 2 aromatic rings. The van der Waals surface area contributed by atoms with Crippen LogP contribution in [0.2, 0.25) is 0 Å². The van der Waals surface area contributed by atoms with Crippen LogP contribution in [0.1, 0.15) is 5.69 Å². The van der Waals surface area contributed by atoms with Crippen molar-refractivity contribution in [2.24, 2.45) is 0 Å². The molecule has 0 spiro atoms. The van der Waals surface area contributed by atoms with Gasteiger partial charge < -0.3 is 0 Å². The van der Waals surface area contributed by atoms with Crippen molar-refractivity contribution in [2.75, 3.05) is 0 Å². The Morgan fingerprint density at radius 1 is 1.14 bits per heavy atom. The molecular weight excluding hydrogens is 194 g/mol. The second kappa shape index (κ2) is 4.64. The lowest BCUT2D eigenvalue weighted by Crippen LogP contribution is -1.87. The SMILES string of the molecule is C#CCc1ccc2ccccc2n1.Cl. The maximum absolute atomic E-state index is 5.21. The maximum atomic E-state index is 5.21. The molecule has 1 aromatic heterocycles. The van der Waals surface area contributed by atoms with Gasteiger partial charge in [-0.3, -0.25) is 4.98 Å². The third-order valence-corrected chi connectivity index (χ3v) is 1.94. The van der Waals surface area contributed by atoms with Crippen molar-refractivity contribution in [1.29, 1.82) is 0 Å². The molecule has 0 saturated carbocycles. The van der Waals surface area contributed by atoms with E-state index in [4.69, 9.17) is 6.42 Å². The first-order valence-electron chi connectivity index (χ1n) is 4.18. The summed E-state index contributed by atoms with van der Waals surface area (Å²) in [5, 5.41) is 1.16. The van der Waals surface area contributed by atoms with E-state index in [1.54, 1.807) is 0 Å². The van der Waals surface area contributed by atoms with Crippen LogP contribution in [0, 0.1) is 12.3 Å². The number of terminal acetylenes is 1. The summed E-state index contributed by atoms with van der Waals surface area (Å²) < 4.78 is 0. The van der Waals surface area contributed by atoms with Gasteiger partial charge in [0.25, 0.3) is 0 Å². The average Bonchev–Trinajstić information content (AvgIpc) is 2.18. The molecule has 0 N–H and O–H groups in total. The van der Waals surface area contributed by atoms with Crippen molar-refractivity contribution in [3.63, 3.8) is 0 Å². The highest BCUT2D eigenvalue weighted by Crippen LogP contribution is 2.11. The molecule has 2 heteroatoms. The molecule has 0 saturated heterocycles. The molecule has 0 aliphatic heterocycles. The lowest BCUT2D eigenvalue weighted by Gasteiger charge is -1.98. The van der Waals surface area contributed by atoms with Gasteiger partial charge in [-0.2, -0.15) is 0 Å². The predicted molar refractivity (Wildman–Crippen MR) is 61.5 cm³/mol. The largest absolute Gasteiger partial charge is 0.252 e. The van der Waals surface area contributed by atoms with Crippen LogP contribution in [0.3, 0.4) is 0 Å². The number of halogens is 1. The standard InChI is InChI=1S/C12H9N.ClH/c1-2-5-11-9-8-10-6-3-4-7-12(10)13-11;/h1,3-4,6-9H,5H2;1H. The fourth-order valence-corrected chi connectivity index (χ4v) is 1.31. The number of benzene rings is 1. The molecule has 1 heterocycles. The minimum absolute atomic E-state index is 0. The summed E-state index contributed by atoms with van der Waals surface area (Å²) in [7, 11) is 0. The molecule has 0 atom stereocenters. The Bertz CT molecular complexity index is 471. The molecule has 0 radical (unpaired) electrons. The van der Waals surface area contributed by atoms with E-state index in [0.717, 1.165) is 16.6 Å². The predicted octanol–water partition coefficient (Wildman–Crippen LogP) is 2.83. The molecule has 0 aliphatic rings. The van der Waals surface area contributed by atoms with Gasteiger partial charge in [-0.25, -0.2) is 0 Å². The maximum Gasteiger partial charge on any atom is 0.0705 e. The van der Waals surface area contributed by atoms with Crippen LogP contribution >= 0.6 is 12.4 Å². The molecule has 70 valence electrons. The van der Waals surface area contributed by atoms with Gasteiger partial charge in [-0.1, -0.05) is 24.3 Å². The number of hydrogen-bond acceptors (Lipinski definition) is 1. The highest BCUT2D eigenvalue weighted by Gasteiger charge is 1.94. The quantitative estimate of drug-likeness (QED) is 0.650. The minimum Gasteiger partial charge on any atom is -0.252 e. The Kier molecular flexibility index (Phi) is 3.50. The van der Waals surface area contributed by atoms with Crippen LogP contribution in [0.25, 0.3) is 10.9 Å². The number of nitrogens with zero attached hydrogens (tertiary/aromatic N) is 1. The van der Waals surface area contributed by atoms with E-state index in [0.29, 0.717) is 6.42 Å². The van der Waals surface area contributed by atoms with Crippen LogP contribution < -0.4 is 0 Å². The van der Waals surface area contributed by atoms with Crippen LogP contribution in [-0.4, -0.2) is 4.98 Å². The zero-order valence-electron chi connectivity index (χ0n) is 7.60. The van der Waals surface area contributed by atoms with Gasteiger partial charge in [0.2, 0.25) is 0 Å². The van der Waals surface area contributed by atoms with Gasteiger partial charge in [0.05, 0.1) is 17.6 Å². The van der Waals surface area contributed by atoms with E-state index in [1.165, 1.54) is 0 Å². The number of rotatable bonds is 1. The van der Waals surface area contributed by atoms with E-state index < -0.39 is 0 Å². The van der Waals surface area contributed by atoms with Crippen LogP contribution in [-0.2, 0) is 6.42 Å². The van der Waals surface area contributed by atoms with Gasteiger partial charge in [-0.05, 0) is 12.1 Å². The second-order valence-corrected chi connectivity index (χ2v) is 2.88. The Labute approximate surface area is 89.6 Å². The van der Waals surface area contributed by atoms with Gasteiger partial charge in [-0.15, -0.1) is 24.8 Å². The Hall–Kier alpha value is -1.52. The first kappa shape index (κ1) is 10.6. The molecule has 0 aliphatic carbocycles. The van der Waals surface area contributed by atoms with Gasteiger partial charge >= 0.3 is 0 Å². The molecule has 0 amide bonds. The van der Waals surface area contributed by atoms with Crippen LogP contribution in [0.4, 0.5) is 0 Å². The van der Waals surface area contributed by atoms with E-state index in [1.807, 2.05) is 30.3 Å². The van der Waals surface area contributed by atoms with Crippen molar-refractivity contribution in [3.05, 3.63) is 42.1 Å². The van der Waals surface area contributed by atoms with Crippen molar-refractivity contribution >= 4 is 23.3 Å².